The molecule has 5 nitrogen and oxygen atoms in total. The predicted molar refractivity (Wildman–Crippen MR) is 67.8 cm³/mol. The molecule has 0 bridgehead atoms. The summed E-state index contributed by atoms with van der Waals surface area (Å²) in [6, 6.07) is 9.99. The Kier molecular flexibility index (Phi) is 3.78. The first kappa shape index (κ1) is 12.4. The van der Waals surface area contributed by atoms with Crippen molar-refractivity contribution >= 4 is 27.7 Å². The van der Waals surface area contributed by atoms with E-state index in [4.69, 9.17) is 4.42 Å². The number of carbonyl (C=O) groups excluding carboxylic acids is 2. The zero-order valence-corrected chi connectivity index (χ0v) is 10.7. The Morgan fingerprint density at radius 2 is 1.72 bits per heavy atom. The summed E-state index contributed by atoms with van der Waals surface area (Å²) in [5, 5.41) is 0. The molecule has 0 saturated heterocycles. The van der Waals surface area contributed by atoms with E-state index < -0.39 is 11.8 Å². The van der Waals surface area contributed by atoms with Crippen molar-refractivity contribution in [1.82, 2.24) is 10.9 Å². The second kappa shape index (κ2) is 5.50. The SMILES string of the molecule is O=C(NNC(=O)c1ccccc1Br)c1ccco1. The van der Waals surface area contributed by atoms with Gasteiger partial charge in [0.2, 0.25) is 0 Å². The van der Waals surface area contributed by atoms with Crippen molar-refractivity contribution in [2.45, 2.75) is 0 Å². The first-order chi connectivity index (χ1) is 8.68. The van der Waals surface area contributed by atoms with E-state index in [2.05, 4.69) is 26.8 Å². The van der Waals surface area contributed by atoms with Crippen LogP contribution in [-0.2, 0) is 0 Å². The fraction of sp³-hybridized carbons (Fsp3) is 0. The summed E-state index contributed by atoms with van der Waals surface area (Å²) in [6.45, 7) is 0. The van der Waals surface area contributed by atoms with E-state index in [-0.39, 0.29) is 5.76 Å². The van der Waals surface area contributed by atoms with Crippen molar-refractivity contribution in [1.29, 1.82) is 0 Å². The van der Waals surface area contributed by atoms with Crippen molar-refractivity contribution in [2.24, 2.45) is 0 Å². The monoisotopic (exact) mass is 308 g/mol. The van der Waals surface area contributed by atoms with Crippen LogP contribution in [0.1, 0.15) is 20.9 Å². The predicted octanol–water partition coefficient (Wildman–Crippen LogP) is 2.12. The maximum absolute atomic E-state index is 11.8. The molecule has 1 aromatic carbocycles. The molecule has 1 aromatic heterocycles. The van der Waals surface area contributed by atoms with Gasteiger partial charge in [0.25, 0.3) is 5.91 Å². The summed E-state index contributed by atoms with van der Waals surface area (Å²) in [4.78, 5) is 23.2. The Bertz CT molecular complexity index is 566. The first-order valence-electron chi connectivity index (χ1n) is 5.07. The molecule has 0 unspecified atom stereocenters. The highest BCUT2D eigenvalue weighted by Gasteiger charge is 2.12. The highest BCUT2D eigenvalue weighted by atomic mass is 79.9. The minimum atomic E-state index is -0.514. The summed E-state index contributed by atoms with van der Waals surface area (Å²) >= 11 is 3.25. The summed E-state index contributed by atoms with van der Waals surface area (Å²) in [6.07, 6.45) is 1.38. The third kappa shape index (κ3) is 2.78. The minimum absolute atomic E-state index is 0.127. The fourth-order valence-electron chi connectivity index (χ4n) is 1.30. The number of halogens is 1. The average Bonchev–Trinajstić information content (AvgIpc) is 2.90. The highest BCUT2D eigenvalue weighted by molar-refractivity contribution is 9.10. The first-order valence-corrected chi connectivity index (χ1v) is 5.86. The molecule has 18 heavy (non-hydrogen) atoms. The number of hydrogen-bond acceptors (Lipinski definition) is 3. The zero-order valence-electron chi connectivity index (χ0n) is 9.14. The third-order valence-corrected chi connectivity index (χ3v) is 2.84. The molecular weight excluding hydrogens is 300 g/mol. The van der Waals surface area contributed by atoms with Crippen molar-refractivity contribution in [3.63, 3.8) is 0 Å². The maximum atomic E-state index is 11.8. The van der Waals surface area contributed by atoms with E-state index >= 15 is 0 Å². The lowest BCUT2D eigenvalue weighted by Gasteiger charge is -2.07. The van der Waals surface area contributed by atoms with E-state index in [1.807, 2.05) is 0 Å². The van der Waals surface area contributed by atoms with Gasteiger partial charge >= 0.3 is 5.91 Å². The molecule has 6 heteroatoms. The Morgan fingerprint density at radius 3 is 2.39 bits per heavy atom. The molecule has 2 aromatic rings. The van der Waals surface area contributed by atoms with Crippen molar-refractivity contribution < 1.29 is 14.0 Å². The van der Waals surface area contributed by atoms with Crippen molar-refractivity contribution in [3.05, 3.63) is 58.5 Å². The number of hydrazine groups is 1. The largest absolute Gasteiger partial charge is 0.459 e. The van der Waals surface area contributed by atoms with Crippen LogP contribution >= 0.6 is 15.9 Å². The molecule has 0 atom stereocenters. The molecule has 2 amide bonds. The molecular formula is C12H9BrN2O3. The van der Waals surface area contributed by atoms with Gasteiger partial charge in [0.05, 0.1) is 11.8 Å². The van der Waals surface area contributed by atoms with Crippen LogP contribution in [0.5, 0.6) is 0 Å². The molecule has 0 radical (unpaired) electrons. The van der Waals surface area contributed by atoms with E-state index in [9.17, 15) is 9.59 Å². The van der Waals surface area contributed by atoms with Crippen LogP contribution in [0.15, 0.2) is 51.6 Å². The van der Waals surface area contributed by atoms with Gasteiger partial charge in [0.15, 0.2) is 5.76 Å². The number of rotatable bonds is 2. The van der Waals surface area contributed by atoms with Crippen LogP contribution in [0.2, 0.25) is 0 Å². The van der Waals surface area contributed by atoms with Gasteiger partial charge in [0.1, 0.15) is 0 Å². The van der Waals surface area contributed by atoms with Crippen LogP contribution in [-0.4, -0.2) is 11.8 Å². The number of carbonyl (C=O) groups is 2. The van der Waals surface area contributed by atoms with Crippen LogP contribution in [0.25, 0.3) is 0 Å². The van der Waals surface area contributed by atoms with Crippen LogP contribution in [0.3, 0.4) is 0 Å². The molecule has 92 valence electrons. The van der Waals surface area contributed by atoms with Gasteiger partial charge in [0, 0.05) is 4.47 Å². The van der Waals surface area contributed by atoms with Gasteiger partial charge in [-0.15, -0.1) is 0 Å². The van der Waals surface area contributed by atoms with Gasteiger partial charge in [-0.3, -0.25) is 20.4 Å². The summed E-state index contributed by atoms with van der Waals surface area (Å²) in [5.74, 6) is -0.801. The fourth-order valence-corrected chi connectivity index (χ4v) is 1.76. The van der Waals surface area contributed by atoms with Gasteiger partial charge < -0.3 is 4.42 Å². The van der Waals surface area contributed by atoms with Gasteiger partial charge in [-0.1, -0.05) is 12.1 Å². The lowest BCUT2D eigenvalue weighted by atomic mass is 10.2. The summed E-state index contributed by atoms with van der Waals surface area (Å²) in [5.41, 5.74) is 4.98. The Balaban J connectivity index is 1.97. The Labute approximate surface area is 111 Å². The molecule has 0 aliphatic carbocycles. The van der Waals surface area contributed by atoms with Gasteiger partial charge in [-0.05, 0) is 40.2 Å². The quantitative estimate of drug-likeness (QED) is 0.835. The van der Waals surface area contributed by atoms with Crippen LogP contribution in [0, 0.1) is 0 Å². The highest BCUT2D eigenvalue weighted by Crippen LogP contribution is 2.15. The number of benzene rings is 1. The lowest BCUT2D eigenvalue weighted by molar-refractivity contribution is 0.0830. The second-order valence-corrected chi connectivity index (χ2v) is 4.22. The molecule has 2 N–H and O–H groups in total. The van der Waals surface area contributed by atoms with Gasteiger partial charge in [-0.25, -0.2) is 0 Å². The minimum Gasteiger partial charge on any atom is -0.459 e. The molecule has 2 rings (SSSR count). The third-order valence-electron chi connectivity index (χ3n) is 2.15. The van der Waals surface area contributed by atoms with E-state index in [0.717, 1.165) is 0 Å². The molecule has 0 saturated carbocycles. The molecule has 0 fully saturated rings. The van der Waals surface area contributed by atoms with Crippen LogP contribution < -0.4 is 10.9 Å². The van der Waals surface area contributed by atoms with Crippen LogP contribution in [0.4, 0.5) is 0 Å². The zero-order chi connectivity index (χ0) is 13.0. The standard InChI is InChI=1S/C12H9BrN2O3/c13-9-5-2-1-4-8(9)11(16)14-15-12(17)10-6-3-7-18-10/h1-7H,(H,14,16)(H,15,17). The second-order valence-electron chi connectivity index (χ2n) is 3.37. The molecule has 1 heterocycles. The Hall–Kier alpha value is -2.08. The lowest BCUT2D eigenvalue weighted by Crippen LogP contribution is -2.41. The average molecular weight is 309 g/mol. The number of nitrogens with one attached hydrogen (secondary N) is 2. The van der Waals surface area contributed by atoms with E-state index in [1.54, 1.807) is 30.3 Å². The molecule has 0 spiro atoms. The van der Waals surface area contributed by atoms with Crippen molar-refractivity contribution in [3.8, 4) is 0 Å². The smallest absolute Gasteiger partial charge is 0.305 e. The van der Waals surface area contributed by atoms with Crippen molar-refractivity contribution in [2.75, 3.05) is 0 Å². The number of hydrogen-bond donors (Lipinski definition) is 2. The van der Waals surface area contributed by atoms with Gasteiger partial charge in [-0.2, -0.15) is 0 Å². The number of amides is 2. The molecule has 0 aliphatic heterocycles. The summed E-state index contributed by atoms with van der Waals surface area (Å²) in [7, 11) is 0. The van der Waals surface area contributed by atoms with E-state index in [1.165, 1.54) is 12.3 Å². The number of furan rings is 1. The molecule has 0 aliphatic rings. The summed E-state index contributed by atoms with van der Waals surface area (Å²) < 4.78 is 5.53. The topological polar surface area (TPSA) is 71.3 Å². The van der Waals surface area contributed by atoms with E-state index in [0.29, 0.717) is 10.0 Å². The Morgan fingerprint density at radius 1 is 1.00 bits per heavy atom. The maximum Gasteiger partial charge on any atom is 0.305 e. The normalized spacial score (nSPS) is 9.83.